The molecule has 0 bridgehead atoms. The van der Waals surface area contributed by atoms with Crippen molar-refractivity contribution in [3.63, 3.8) is 0 Å². The fraction of sp³-hybridized carbons (Fsp3) is 0.308. The summed E-state index contributed by atoms with van der Waals surface area (Å²) in [5.41, 5.74) is 8.30. The molecule has 0 saturated carbocycles. The molecule has 2 heterocycles. The number of benzene rings is 1. The van der Waals surface area contributed by atoms with Gasteiger partial charge in [0, 0.05) is 11.5 Å². The summed E-state index contributed by atoms with van der Waals surface area (Å²) in [7, 11) is -1.18. The van der Waals surface area contributed by atoms with E-state index in [1.165, 1.54) is 0 Å². The number of nitrogens with two attached hydrogens (primary N) is 1. The Morgan fingerprint density at radius 2 is 2.26 bits per heavy atom. The number of nitrogen functional groups attached to an aromatic ring is 1. The lowest BCUT2D eigenvalue weighted by Gasteiger charge is -2.16. The summed E-state index contributed by atoms with van der Waals surface area (Å²) in [5, 5.41) is 19.3. The first kappa shape index (κ1) is 15.7. The minimum absolute atomic E-state index is 0.130. The number of carboxylic acid groups (broad SMARTS) is 1. The van der Waals surface area contributed by atoms with Gasteiger partial charge in [0.2, 0.25) is 5.95 Å². The van der Waals surface area contributed by atoms with Gasteiger partial charge in [-0.05, 0) is 42.1 Å². The Kier molecular flexibility index (Phi) is 3.96. The number of hydrogen-bond donors (Lipinski definition) is 3. The molecule has 1 aliphatic rings. The van der Waals surface area contributed by atoms with Crippen molar-refractivity contribution in [2.24, 2.45) is 0 Å². The van der Waals surface area contributed by atoms with Gasteiger partial charge in [-0.3, -0.25) is 4.79 Å². The normalized spacial score (nSPS) is 16.5. The molecule has 1 aromatic heterocycles. The van der Waals surface area contributed by atoms with Crippen LogP contribution >= 0.6 is 11.5 Å². The molecule has 0 spiro atoms. The lowest BCUT2D eigenvalue weighted by atomic mass is 9.76. The second kappa shape index (κ2) is 5.80. The van der Waals surface area contributed by atoms with Crippen molar-refractivity contribution < 1.29 is 24.3 Å². The average Bonchev–Trinajstić information content (AvgIpc) is 3.00. The molecule has 10 heteroatoms. The van der Waals surface area contributed by atoms with Crippen LogP contribution in [0.3, 0.4) is 0 Å². The van der Waals surface area contributed by atoms with Crippen LogP contribution in [-0.2, 0) is 9.45 Å². The first-order valence-electron chi connectivity index (χ1n) is 6.83. The second-order valence-electron chi connectivity index (χ2n) is 5.22. The maximum Gasteiger partial charge on any atom is 0.492 e. The van der Waals surface area contributed by atoms with Gasteiger partial charge >= 0.3 is 13.1 Å². The van der Waals surface area contributed by atoms with Crippen molar-refractivity contribution in [1.82, 2.24) is 9.36 Å². The Bertz CT molecular complexity index is 781. The summed E-state index contributed by atoms with van der Waals surface area (Å²) in [5.74, 6) is -0.363. The summed E-state index contributed by atoms with van der Waals surface area (Å²) in [4.78, 5) is 14.9. The van der Waals surface area contributed by atoms with Crippen molar-refractivity contribution in [3.05, 3.63) is 22.8 Å². The number of fused-ring (bicyclic) bond motifs is 1. The zero-order valence-electron chi connectivity index (χ0n) is 12.4. The van der Waals surface area contributed by atoms with Gasteiger partial charge < -0.3 is 25.3 Å². The van der Waals surface area contributed by atoms with E-state index in [1.807, 2.05) is 13.8 Å². The smallest absolute Gasteiger partial charge is 0.481 e. The average molecular weight is 335 g/mol. The maximum absolute atomic E-state index is 11.0. The number of aliphatic carboxylic acids is 1. The van der Waals surface area contributed by atoms with Crippen LogP contribution in [0.4, 0.5) is 5.95 Å². The predicted molar refractivity (Wildman–Crippen MR) is 84.0 cm³/mol. The minimum atomic E-state index is -1.18. The number of carbonyl (C=O) groups is 1. The van der Waals surface area contributed by atoms with Crippen LogP contribution in [0.15, 0.2) is 6.07 Å². The molecule has 1 atom stereocenters. The molecule has 3 rings (SSSR count). The van der Waals surface area contributed by atoms with E-state index in [1.54, 1.807) is 6.07 Å². The number of anilines is 1. The fourth-order valence-corrected chi connectivity index (χ4v) is 3.10. The van der Waals surface area contributed by atoms with E-state index in [9.17, 15) is 9.82 Å². The second-order valence-corrected chi connectivity index (χ2v) is 5.94. The Hall–Kier alpha value is -2.17. The highest BCUT2D eigenvalue weighted by Crippen LogP contribution is 2.36. The molecule has 4 N–H and O–H groups in total. The molecule has 1 aliphatic heterocycles. The molecule has 0 amide bonds. The van der Waals surface area contributed by atoms with Crippen molar-refractivity contribution in [1.29, 1.82) is 0 Å². The van der Waals surface area contributed by atoms with Crippen LogP contribution in [0.2, 0.25) is 0 Å². The van der Waals surface area contributed by atoms with E-state index < -0.39 is 19.2 Å². The number of aromatic nitrogens is 2. The minimum Gasteiger partial charge on any atom is -0.481 e. The summed E-state index contributed by atoms with van der Waals surface area (Å²) in [6.07, 6.45) is -0.889. The highest BCUT2D eigenvalue weighted by molar-refractivity contribution is 7.07. The summed E-state index contributed by atoms with van der Waals surface area (Å²) in [6, 6.07) is 1.64. The van der Waals surface area contributed by atoms with Crippen LogP contribution < -0.4 is 15.9 Å². The number of rotatable bonds is 4. The molecule has 0 fully saturated rings. The Morgan fingerprint density at radius 1 is 1.52 bits per heavy atom. The Balaban J connectivity index is 2.01. The van der Waals surface area contributed by atoms with Crippen molar-refractivity contribution >= 4 is 36.0 Å². The summed E-state index contributed by atoms with van der Waals surface area (Å²) >= 11 is 1.02. The van der Waals surface area contributed by atoms with E-state index in [4.69, 9.17) is 20.2 Å². The third kappa shape index (κ3) is 2.88. The molecule has 120 valence electrons. The fourth-order valence-electron chi connectivity index (χ4n) is 2.63. The zero-order valence-corrected chi connectivity index (χ0v) is 13.3. The first-order chi connectivity index (χ1) is 10.9. The molecule has 0 unspecified atom stereocenters. The predicted octanol–water partition coefficient (Wildman–Crippen LogP) is 0.763. The van der Waals surface area contributed by atoms with Crippen LogP contribution in [0.5, 0.6) is 10.9 Å². The number of nitrogens with zero attached hydrogens (tertiary/aromatic N) is 2. The lowest BCUT2D eigenvalue weighted by Crippen LogP contribution is -2.28. The van der Waals surface area contributed by atoms with Gasteiger partial charge in [0.1, 0.15) is 5.75 Å². The summed E-state index contributed by atoms with van der Waals surface area (Å²) < 4.78 is 14.9. The quantitative estimate of drug-likeness (QED) is 0.699. The number of hydrogen-bond acceptors (Lipinski definition) is 8. The van der Waals surface area contributed by atoms with E-state index in [0.717, 1.165) is 22.7 Å². The molecule has 23 heavy (non-hydrogen) atoms. The Morgan fingerprint density at radius 3 is 2.87 bits per heavy atom. The third-order valence-electron chi connectivity index (χ3n) is 3.80. The SMILES string of the molecule is Cc1c(Oc2nc(N)ns2)cc2c(c1C)[C@@H](CC(=O)O)OB2O. The lowest BCUT2D eigenvalue weighted by molar-refractivity contribution is -0.138. The van der Waals surface area contributed by atoms with Crippen LogP contribution in [0.1, 0.15) is 29.2 Å². The van der Waals surface area contributed by atoms with Crippen molar-refractivity contribution in [2.45, 2.75) is 26.4 Å². The van der Waals surface area contributed by atoms with E-state index in [-0.39, 0.29) is 12.4 Å². The van der Waals surface area contributed by atoms with E-state index >= 15 is 0 Å². The third-order valence-corrected chi connectivity index (χ3v) is 4.40. The van der Waals surface area contributed by atoms with Gasteiger partial charge in [0.05, 0.1) is 12.5 Å². The standard InChI is InChI=1S/C13H14BN3O5S/c1-5-6(2)11-7(14(20)22-9(11)4-10(18)19)3-8(5)21-13-16-12(15)17-23-13/h3,9,20H,4H2,1-2H3,(H2,15,17)(H,18,19)/t9-/m1/s1. The van der Waals surface area contributed by atoms with Crippen molar-refractivity contribution in [2.75, 3.05) is 5.73 Å². The molecular weight excluding hydrogens is 321 g/mol. The van der Waals surface area contributed by atoms with Crippen LogP contribution in [0, 0.1) is 13.8 Å². The molecular formula is C13H14BN3O5S. The van der Waals surface area contributed by atoms with Gasteiger partial charge in [-0.15, -0.1) is 0 Å². The van der Waals surface area contributed by atoms with Gasteiger partial charge in [-0.2, -0.15) is 9.36 Å². The van der Waals surface area contributed by atoms with Gasteiger partial charge in [0.15, 0.2) is 0 Å². The van der Waals surface area contributed by atoms with Crippen LogP contribution in [-0.4, -0.2) is 32.6 Å². The maximum atomic E-state index is 11.0. The van der Waals surface area contributed by atoms with Gasteiger partial charge in [-0.1, -0.05) is 0 Å². The highest BCUT2D eigenvalue weighted by Gasteiger charge is 2.38. The first-order valence-corrected chi connectivity index (χ1v) is 7.60. The van der Waals surface area contributed by atoms with Gasteiger partial charge in [-0.25, -0.2) is 0 Å². The monoisotopic (exact) mass is 335 g/mol. The van der Waals surface area contributed by atoms with E-state index in [0.29, 0.717) is 22.0 Å². The molecule has 8 nitrogen and oxygen atoms in total. The van der Waals surface area contributed by atoms with Gasteiger partial charge in [0.25, 0.3) is 5.19 Å². The highest BCUT2D eigenvalue weighted by atomic mass is 32.1. The number of carboxylic acids is 1. The molecule has 0 radical (unpaired) electrons. The molecule has 1 aromatic carbocycles. The molecule has 0 saturated heterocycles. The zero-order chi connectivity index (χ0) is 16.7. The molecule has 0 aliphatic carbocycles. The Labute approximate surface area is 136 Å². The van der Waals surface area contributed by atoms with Crippen molar-refractivity contribution in [3.8, 4) is 10.9 Å². The van der Waals surface area contributed by atoms with Crippen LogP contribution in [0.25, 0.3) is 0 Å². The topological polar surface area (TPSA) is 128 Å². The van der Waals surface area contributed by atoms with E-state index in [2.05, 4.69) is 9.36 Å². The number of ether oxygens (including phenoxy) is 1. The summed E-state index contributed by atoms with van der Waals surface area (Å²) in [6.45, 7) is 3.68. The largest absolute Gasteiger partial charge is 0.492 e. The molecule has 2 aromatic rings.